The van der Waals surface area contributed by atoms with E-state index < -0.39 is 11.7 Å². The topological polar surface area (TPSA) is 44.2 Å². The zero-order valence-electron chi connectivity index (χ0n) is 8.84. The summed E-state index contributed by atoms with van der Waals surface area (Å²) in [6.45, 7) is 1.23. The van der Waals surface area contributed by atoms with Gasteiger partial charge in [0.15, 0.2) is 0 Å². The first-order valence-electron chi connectivity index (χ1n) is 4.48. The summed E-state index contributed by atoms with van der Waals surface area (Å²) in [6.07, 6.45) is 0. The minimum atomic E-state index is -3.15. The lowest BCUT2D eigenvalue weighted by atomic mass is 10.3. The fourth-order valence-corrected chi connectivity index (χ4v) is 1.07. The van der Waals surface area contributed by atoms with Gasteiger partial charge in [0.2, 0.25) is 11.7 Å². The van der Waals surface area contributed by atoms with Crippen LogP contribution in [-0.4, -0.2) is 30.3 Å². The van der Waals surface area contributed by atoms with E-state index in [4.69, 9.17) is 21.1 Å². The maximum Gasteiger partial charge on any atom is 0.304 e. The number of nitrogens with zero attached hydrogens (tertiary/aromatic N) is 2. The molecule has 16 heavy (non-hydrogen) atoms. The number of ether oxygens (including phenoxy) is 2. The molecule has 4 nitrogen and oxygen atoms in total. The van der Waals surface area contributed by atoms with Crippen LogP contribution in [0.25, 0.3) is 0 Å². The largest absolute Gasteiger partial charge is 0.475 e. The van der Waals surface area contributed by atoms with Crippen molar-refractivity contribution in [3.8, 4) is 5.88 Å². The highest BCUT2D eigenvalue weighted by atomic mass is 35.5. The molecule has 1 heterocycles. The first-order chi connectivity index (χ1) is 7.43. The van der Waals surface area contributed by atoms with E-state index >= 15 is 0 Å². The number of hydrogen-bond acceptors (Lipinski definition) is 4. The molecule has 7 heteroatoms. The van der Waals surface area contributed by atoms with Gasteiger partial charge < -0.3 is 9.47 Å². The Labute approximate surface area is 96.6 Å². The number of hydrogen-bond donors (Lipinski definition) is 0. The van der Waals surface area contributed by atoms with E-state index in [-0.39, 0.29) is 17.6 Å². The molecule has 0 unspecified atom stereocenters. The number of rotatable bonds is 5. The maximum absolute atomic E-state index is 12.9. The Hall–Kier alpha value is -1.01. The molecule has 0 aliphatic rings. The van der Waals surface area contributed by atoms with Crippen molar-refractivity contribution in [2.75, 3.05) is 20.3 Å². The predicted octanol–water partition coefficient (Wildman–Crippen LogP) is 2.27. The highest BCUT2D eigenvalue weighted by molar-refractivity contribution is 6.29. The number of aromatic nitrogens is 2. The van der Waals surface area contributed by atoms with Crippen molar-refractivity contribution in [3.63, 3.8) is 0 Å². The van der Waals surface area contributed by atoms with E-state index in [0.717, 1.165) is 0 Å². The average molecular weight is 253 g/mol. The Bertz CT molecular complexity index is 358. The molecule has 0 aliphatic heterocycles. The summed E-state index contributed by atoms with van der Waals surface area (Å²) in [6, 6.07) is 1.27. The van der Waals surface area contributed by atoms with Crippen molar-refractivity contribution in [3.05, 3.63) is 17.0 Å². The molecule has 0 aliphatic carbocycles. The molecule has 90 valence electrons. The van der Waals surface area contributed by atoms with Crippen LogP contribution in [-0.2, 0) is 10.7 Å². The average Bonchev–Trinajstić information content (AvgIpc) is 2.16. The van der Waals surface area contributed by atoms with Crippen molar-refractivity contribution in [2.24, 2.45) is 0 Å². The van der Waals surface area contributed by atoms with E-state index in [1.807, 2.05) is 0 Å². The number of halogens is 3. The molecule has 0 N–H and O–H groups in total. The van der Waals surface area contributed by atoms with E-state index in [2.05, 4.69) is 9.97 Å². The third kappa shape index (κ3) is 3.86. The SMILES string of the molecule is COCCOc1cc(Cl)nc(C(C)(F)F)n1. The number of methoxy groups -OCH3 is 1. The molecule has 1 rings (SSSR count). The highest BCUT2D eigenvalue weighted by Gasteiger charge is 2.29. The third-order valence-corrected chi connectivity index (χ3v) is 1.80. The first-order valence-corrected chi connectivity index (χ1v) is 4.86. The van der Waals surface area contributed by atoms with Crippen molar-refractivity contribution in [1.29, 1.82) is 0 Å². The summed E-state index contributed by atoms with van der Waals surface area (Å²) in [7, 11) is 1.50. The van der Waals surface area contributed by atoms with Gasteiger partial charge in [0.05, 0.1) is 6.61 Å². The van der Waals surface area contributed by atoms with Crippen LogP contribution in [0.2, 0.25) is 5.15 Å². The van der Waals surface area contributed by atoms with Crippen LogP contribution in [0.5, 0.6) is 5.88 Å². The lowest BCUT2D eigenvalue weighted by molar-refractivity contribution is 0.00682. The molecular formula is C9H11ClF2N2O2. The minimum Gasteiger partial charge on any atom is -0.475 e. The minimum absolute atomic E-state index is 0.00794. The molecule has 0 bridgehead atoms. The molecule has 0 fully saturated rings. The Kier molecular flexibility index (Phi) is 4.37. The number of alkyl halides is 2. The quantitative estimate of drug-likeness (QED) is 0.596. The Morgan fingerprint density at radius 1 is 1.38 bits per heavy atom. The molecule has 0 spiro atoms. The Morgan fingerprint density at radius 3 is 2.62 bits per heavy atom. The molecule has 0 atom stereocenters. The fraction of sp³-hybridized carbons (Fsp3) is 0.556. The second kappa shape index (κ2) is 5.36. The van der Waals surface area contributed by atoms with Gasteiger partial charge in [0.25, 0.3) is 0 Å². The molecule has 0 saturated heterocycles. The molecule has 1 aromatic rings. The van der Waals surface area contributed by atoms with Crippen LogP contribution in [0.15, 0.2) is 6.07 Å². The first kappa shape index (κ1) is 13.1. The Morgan fingerprint density at radius 2 is 2.06 bits per heavy atom. The van der Waals surface area contributed by atoms with Crippen molar-refractivity contribution in [1.82, 2.24) is 9.97 Å². The monoisotopic (exact) mass is 252 g/mol. The van der Waals surface area contributed by atoms with Gasteiger partial charge in [-0.2, -0.15) is 13.8 Å². The van der Waals surface area contributed by atoms with Crippen LogP contribution < -0.4 is 4.74 Å². The standard InChI is InChI=1S/C9H11ClF2N2O2/c1-9(11,12)8-13-6(10)5-7(14-8)16-4-3-15-2/h5H,3-4H2,1-2H3. The maximum atomic E-state index is 12.9. The lowest BCUT2D eigenvalue weighted by Gasteiger charge is -2.11. The summed E-state index contributed by atoms with van der Waals surface area (Å²) in [5.41, 5.74) is 0. The van der Waals surface area contributed by atoms with Crippen LogP contribution in [0.4, 0.5) is 8.78 Å². The summed E-state index contributed by atoms with van der Waals surface area (Å²) in [5.74, 6) is -3.80. The summed E-state index contributed by atoms with van der Waals surface area (Å²) in [4.78, 5) is 6.98. The van der Waals surface area contributed by atoms with Gasteiger partial charge in [-0.15, -0.1) is 0 Å². The molecular weight excluding hydrogens is 242 g/mol. The second-order valence-corrected chi connectivity index (χ2v) is 3.47. The summed E-state index contributed by atoms with van der Waals surface area (Å²) < 4.78 is 35.7. The van der Waals surface area contributed by atoms with Crippen molar-refractivity contribution >= 4 is 11.6 Å². The lowest BCUT2D eigenvalue weighted by Crippen LogP contribution is -2.14. The fourth-order valence-electron chi connectivity index (χ4n) is 0.897. The van der Waals surface area contributed by atoms with E-state index in [1.54, 1.807) is 0 Å². The highest BCUT2D eigenvalue weighted by Crippen LogP contribution is 2.26. The summed E-state index contributed by atoms with van der Waals surface area (Å²) >= 11 is 5.57. The van der Waals surface area contributed by atoms with Gasteiger partial charge in [-0.25, -0.2) is 4.98 Å². The van der Waals surface area contributed by atoms with Gasteiger partial charge in [-0.05, 0) is 0 Å². The van der Waals surface area contributed by atoms with Crippen LogP contribution in [0.1, 0.15) is 12.7 Å². The molecule has 0 aromatic carbocycles. The van der Waals surface area contributed by atoms with E-state index in [0.29, 0.717) is 13.5 Å². The normalized spacial score (nSPS) is 11.6. The van der Waals surface area contributed by atoms with E-state index in [1.165, 1.54) is 13.2 Å². The van der Waals surface area contributed by atoms with Gasteiger partial charge in [-0.1, -0.05) is 11.6 Å². The molecule has 0 saturated carbocycles. The van der Waals surface area contributed by atoms with E-state index in [9.17, 15) is 8.78 Å². The molecule has 0 radical (unpaired) electrons. The van der Waals surface area contributed by atoms with Gasteiger partial charge in [-0.3, -0.25) is 0 Å². The smallest absolute Gasteiger partial charge is 0.304 e. The van der Waals surface area contributed by atoms with Crippen LogP contribution in [0, 0.1) is 0 Å². The zero-order chi connectivity index (χ0) is 12.2. The van der Waals surface area contributed by atoms with Gasteiger partial charge in [0, 0.05) is 20.1 Å². The molecule has 1 aromatic heterocycles. The Balaban J connectivity index is 2.82. The van der Waals surface area contributed by atoms with Crippen molar-refractivity contribution in [2.45, 2.75) is 12.8 Å². The predicted molar refractivity (Wildman–Crippen MR) is 54.0 cm³/mol. The molecule has 0 amide bonds. The van der Waals surface area contributed by atoms with Gasteiger partial charge >= 0.3 is 5.92 Å². The van der Waals surface area contributed by atoms with Gasteiger partial charge in [0.1, 0.15) is 11.8 Å². The third-order valence-electron chi connectivity index (χ3n) is 1.60. The summed E-state index contributed by atoms with van der Waals surface area (Å²) in [5, 5.41) is -0.0843. The zero-order valence-corrected chi connectivity index (χ0v) is 9.59. The van der Waals surface area contributed by atoms with Crippen LogP contribution in [0.3, 0.4) is 0 Å². The van der Waals surface area contributed by atoms with Crippen molar-refractivity contribution < 1.29 is 18.3 Å². The second-order valence-electron chi connectivity index (χ2n) is 3.08. The van der Waals surface area contributed by atoms with Crippen LogP contribution >= 0.6 is 11.6 Å².